The predicted octanol–water partition coefficient (Wildman–Crippen LogP) is 0.260. The second-order valence-corrected chi connectivity index (χ2v) is 10.8. The van der Waals surface area contributed by atoms with Crippen molar-refractivity contribution in [1.82, 2.24) is 9.58 Å². The summed E-state index contributed by atoms with van der Waals surface area (Å²) < 4.78 is 57.3. The molecule has 0 atom stereocenters. The van der Waals surface area contributed by atoms with E-state index >= 15 is 0 Å². The van der Waals surface area contributed by atoms with Crippen molar-refractivity contribution < 1.29 is 26.1 Å². The Bertz CT molecular complexity index is 803. The molecule has 1 saturated heterocycles. The summed E-state index contributed by atoms with van der Waals surface area (Å²) in [5.74, 6) is 0.0874. The smallest absolute Gasteiger partial charge is 0.278 e. The summed E-state index contributed by atoms with van der Waals surface area (Å²) >= 11 is 3.30. The number of nitrogens with one attached hydrogen (secondary N) is 1. The standard InChI is InChI=1S/C13H25BrN5O5S2/c1-3-5-6-11-25(20,21)15-13-12(14)19(16-24-13)17-7-9-18(10-8-17)26(22,23)4-2/h15H,3-11H2,1-2H3/q+1. The zero-order chi connectivity index (χ0) is 19.4. The van der Waals surface area contributed by atoms with E-state index in [0.29, 0.717) is 37.2 Å². The molecule has 1 fully saturated rings. The van der Waals surface area contributed by atoms with Gasteiger partial charge in [-0.25, -0.2) is 21.6 Å². The van der Waals surface area contributed by atoms with Crippen LogP contribution in [0, 0.1) is 0 Å². The van der Waals surface area contributed by atoms with Crippen LogP contribution in [0.4, 0.5) is 5.88 Å². The van der Waals surface area contributed by atoms with Gasteiger partial charge in [0.25, 0.3) is 0 Å². The van der Waals surface area contributed by atoms with E-state index in [9.17, 15) is 16.8 Å². The van der Waals surface area contributed by atoms with Crippen molar-refractivity contribution in [3.63, 3.8) is 0 Å². The molecule has 13 heteroatoms. The third-order valence-electron chi connectivity index (χ3n) is 4.08. The minimum atomic E-state index is -3.51. The quantitative estimate of drug-likeness (QED) is 0.402. The van der Waals surface area contributed by atoms with Crippen LogP contribution in [0.2, 0.25) is 0 Å². The summed E-state index contributed by atoms with van der Waals surface area (Å²) in [6.45, 7) is 5.11. The molecule has 1 aliphatic rings. The van der Waals surface area contributed by atoms with Gasteiger partial charge in [-0.3, -0.25) is 4.52 Å². The molecule has 2 heterocycles. The van der Waals surface area contributed by atoms with Gasteiger partial charge in [0, 0.05) is 29.0 Å². The van der Waals surface area contributed by atoms with Gasteiger partial charge < -0.3 is 0 Å². The highest BCUT2D eigenvalue weighted by atomic mass is 79.9. The first-order valence-corrected chi connectivity index (χ1v) is 12.6. The molecule has 10 nitrogen and oxygen atoms in total. The monoisotopic (exact) mass is 474 g/mol. The molecule has 0 spiro atoms. The molecule has 1 N–H and O–H groups in total. The van der Waals surface area contributed by atoms with E-state index < -0.39 is 20.0 Å². The van der Waals surface area contributed by atoms with Gasteiger partial charge in [-0.15, -0.1) is 5.01 Å². The molecular formula is C13H25BrN5O5S2+. The van der Waals surface area contributed by atoms with Crippen molar-refractivity contribution in [2.45, 2.75) is 33.1 Å². The van der Waals surface area contributed by atoms with Crippen LogP contribution in [0.3, 0.4) is 0 Å². The summed E-state index contributed by atoms with van der Waals surface area (Å²) in [5, 5.41) is 5.64. The zero-order valence-electron chi connectivity index (χ0n) is 14.9. The van der Waals surface area contributed by atoms with Crippen molar-refractivity contribution in [2.24, 2.45) is 0 Å². The molecule has 1 aliphatic heterocycles. The molecule has 1 aromatic heterocycles. The Kier molecular flexibility index (Phi) is 7.27. The second-order valence-electron chi connectivity index (χ2n) is 5.96. The molecule has 0 aliphatic carbocycles. The number of hydrogen-bond acceptors (Lipinski definition) is 7. The Hall–Kier alpha value is -0.920. The normalized spacial score (nSPS) is 16.8. The number of piperazine rings is 1. The van der Waals surface area contributed by atoms with Crippen molar-refractivity contribution in [3.8, 4) is 0 Å². The maximum Gasteiger partial charge on any atom is 0.373 e. The summed E-state index contributed by atoms with van der Waals surface area (Å²) in [6, 6.07) is 0. The first-order valence-electron chi connectivity index (χ1n) is 8.51. The largest absolute Gasteiger partial charge is 0.373 e. The van der Waals surface area contributed by atoms with Crippen molar-refractivity contribution in [2.75, 3.05) is 47.4 Å². The molecule has 0 aromatic carbocycles. The number of anilines is 1. The van der Waals surface area contributed by atoms with Gasteiger partial charge >= 0.3 is 10.5 Å². The molecule has 0 amide bonds. The number of unbranched alkanes of at least 4 members (excludes halogenated alkanes) is 2. The van der Waals surface area contributed by atoms with Crippen LogP contribution in [0.15, 0.2) is 9.13 Å². The van der Waals surface area contributed by atoms with E-state index in [1.807, 2.05) is 6.92 Å². The fourth-order valence-electron chi connectivity index (χ4n) is 2.54. The molecule has 150 valence electrons. The third kappa shape index (κ3) is 5.30. The Labute approximate surface area is 162 Å². The minimum Gasteiger partial charge on any atom is -0.278 e. The van der Waals surface area contributed by atoms with Crippen LogP contribution >= 0.6 is 15.9 Å². The van der Waals surface area contributed by atoms with E-state index in [-0.39, 0.29) is 17.4 Å². The van der Waals surface area contributed by atoms with E-state index in [1.165, 1.54) is 9.10 Å². The first-order chi connectivity index (χ1) is 12.2. The number of rotatable bonds is 9. The van der Waals surface area contributed by atoms with E-state index in [1.54, 1.807) is 11.9 Å². The van der Waals surface area contributed by atoms with Crippen LogP contribution in [-0.4, -0.2) is 64.1 Å². The van der Waals surface area contributed by atoms with Crippen LogP contribution in [0.1, 0.15) is 33.1 Å². The lowest BCUT2D eigenvalue weighted by Gasteiger charge is -2.28. The molecule has 26 heavy (non-hydrogen) atoms. The third-order valence-corrected chi connectivity index (χ3v) is 7.96. The summed E-state index contributed by atoms with van der Waals surface area (Å²) in [5.41, 5.74) is 0. The van der Waals surface area contributed by atoms with Gasteiger partial charge in [0.1, 0.15) is 0 Å². The highest BCUT2D eigenvalue weighted by Gasteiger charge is 2.35. The molecule has 0 unspecified atom stereocenters. The van der Waals surface area contributed by atoms with Crippen molar-refractivity contribution in [3.05, 3.63) is 4.60 Å². The van der Waals surface area contributed by atoms with Gasteiger partial charge in [0.15, 0.2) is 0 Å². The summed E-state index contributed by atoms with van der Waals surface area (Å²) in [4.78, 5) is 1.40. The number of aromatic nitrogens is 2. The van der Waals surface area contributed by atoms with E-state index in [0.717, 1.165) is 12.8 Å². The fraction of sp³-hybridized carbons (Fsp3) is 0.846. The fourth-order valence-corrected chi connectivity index (χ4v) is 5.32. The molecule has 0 radical (unpaired) electrons. The number of halogens is 1. The molecule has 1 aromatic rings. The summed E-state index contributed by atoms with van der Waals surface area (Å²) in [6.07, 6.45) is 2.34. The maximum absolute atomic E-state index is 12.1. The lowest BCUT2D eigenvalue weighted by atomic mass is 10.3. The molecule has 2 rings (SSSR count). The lowest BCUT2D eigenvalue weighted by Crippen LogP contribution is -2.66. The Morgan fingerprint density at radius 1 is 1.15 bits per heavy atom. The predicted molar refractivity (Wildman–Crippen MR) is 100 cm³/mol. The van der Waals surface area contributed by atoms with E-state index in [2.05, 4.69) is 25.9 Å². The van der Waals surface area contributed by atoms with E-state index in [4.69, 9.17) is 4.52 Å². The summed E-state index contributed by atoms with van der Waals surface area (Å²) in [7, 11) is -6.73. The highest BCUT2D eigenvalue weighted by molar-refractivity contribution is 9.10. The lowest BCUT2D eigenvalue weighted by molar-refractivity contribution is -0.768. The van der Waals surface area contributed by atoms with Crippen LogP contribution in [0.25, 0.3) is 0 Å². The number of nitrogens with zero attached hydrogens (tertiary/aromatic N) is 4. The van der Waals surface area contributed by atoms with Gasteiger partial charge in [0.2, 0.25) is 25.3 Å². The zero-order valence-corrected chi connectivity index (χ0v) is 18.1. The molecular weight excluding hydrogens is 450 g/mol. The van der Waals surface area contributed by atoms with Crippen molar-refractivity contribution in [1.29, 1.82) is 0 Å². The molecule has 0 bridgehead atoms. The Morgan fingerprint density at radius 3 is 2.38 bits per heavy atom. The second kappa shape index (κ2) is 8.85. The van der Waals surface area contributed by atoms with Gasteiger partial charge in [0.05, 0.1) is 29.4 Å². The SMILES string of the molecule is CCCCCS(=O)(=O)Nc1on[n+](N2CCN(S(=O)(=O)CC)CC2)c1Br. The number of hydrogen-bond donors (Lipinski definition) is 1. The minimum absolute atomic E-state index is 0.00473. The van der Waals surface area contributed by atoms with Crippen LogP contribution in [0.5, 0.6) is 0 Å². The molecule has 0 saturated carbocycles. The average molecular weight is 475 g/mol. The van der Waals surface area contributed by atoms with Crippen LogP contribution < -0.4 is 14.5 Å². The number of sulfonamides is 2. The average Bonchev–Trinajstić information content (AvgIpc) is 2.95. The van der Waals surface area contributed by atoms with Crippen LogP contribution in [-0.2, 0) is 20.0 Å². The Balaban J connectivity index is 2.01. The van der Waals surface area contributed by atoms with Gasteiger partial charge in [-0.2, -0.15) is 4.31 Å². The van der Waals surface area contributed by atoms with Gasteiger partial charge in [-0.05, 0) is 13.3 Å². The highest BCUT2D eigenvalue weighted by Crippen LogP contribution is 2.19. The van der Waals surface area contributed by atoms with Crippen molar-refractivity contribution >= 4 is 41.9 Å². The Morgan fingerprint density at radius 2 is 1.81 bits per heavy atom. The maximum atomic E-state index is 12.1. The van der Waals surface area contributed by atoms with Gasteiger partial charge in [-0.1, -0.05) is 19.8 Å². The first kappa shape index (κ1) is 21.4. The topological polar surface area (TPSA) is 117 Å².